The van der Waals surface area contributed by atoms with Gasteiger partial charge in [-0.05, 0) is 12.5 Å². The molecule has 0 atom stereocenters. The van der Waals surface area contributed by atoms with Crippen molar-refractivity contribution in [2.75, 3.05) is 19.3 Å². The Morgan fingerprint density at radius 1 is 1.30 bits per heavy atom. The summed E-state index contributed by atoms with van der Waals surface area (Å²) in [4.78, 5) is 11.9. The Labute approximate surface area is 116 Å². The maximum absolute atomic E-state index is 11.9. The molecule has 1 aromatic carbocycles. The predicted octanol–water partition coefficient (Wildman–Crippen LogP) is 0.232. The van der Waals surface area contributed by atoms with Crippen molar-refractivity contribution in [1.82, 2.24) is 20.2 Å². The van der Waals surface area contributed by atoms with Crippen LogP contribution in [0.2, 0.25) is 0 Å². The molecule has 0 radical (unpaired) electrons. The molecule has 0 fully saturated rings. The molecule has 0 spiro atoms. The molecule has 0 aliphatic rings. The number of sulfonamides is 1. The van der Waals surface area contributed by atoms with E-state index in [2.05, 4.69) is 20.2 Å². The van der Waals surface area contributed by atoms with E-state index in [1.165, 1.54) is 0 Å². The first-order valence-corrected chi connectivity index (χ1v) is 8.02. The van der Waals surface area contributed by atoms with E-state index >= 15 is 0 Å². The first-order chi connectivity index (χ1) is 9.47. The van der Waals surface area contributed by atoms with Gasteiger partial charge in [0.15, 0.2) is 5.69 Å². The molecule has 0 unspecified atom stereocenters. The third-order valence-corrected chi connectivity index (χ3v) is 3.42. The number of para-hydroxylation sites is 1. The van der Waals surface area contributed by atoms with Crippen molar-refractivity contribution in [2.45, 2.75) is 6.42 Å². The van der Waals surface area contributed by atoms with E-state index in [4.69, 9.17) is 0 Å². The molecule has 0 saturated heterocycles. The number of carbonyl (C=O) groups excluding carboxylic acids is 1. The van der Waals surface area contributed by atoms with Crippen LogP contribution in [0.3, 0.4) is 0 Å². The monoisotopic (exact) mass is 296 g/mol. The fraction of sp³-hybridized carbons (Fsp3) is 0.333. The highest BCUT2D eigenvalue weighted by atomic mass is 32.2. The number of aromatic nitrogens is 2. The van der Waals surface area contributed by atoms with Gasteiger partial charge in [-0.3, -0.25) is 9.89 Å². The number of H-pyrrole nitrogens is 1. The summed E-state index contributed by atoms with van der Waals surface area (Å²) in [6.45, 7) is 0.670. The number of benzene rings is 1. The molecule has 1 aromatic heterocycles. The lowest BCUT2D eigenvalue weighted by atomic mass is 10.2. The van der Waals surface area contributed by atoms with Gasteiger partial charge in [-0.25, -0.2) is 13.1 Å². The van der Waals surface area contributed by atoms with Gasteiger partial charge in [-0.2, -0.15) is 5.10 Å². The van der Waals surface area contributed by atoms with Crippen LogP contribution in [0.25, 0.3) is 10.9 Å². The topological polar surface area (TPSA) is 104 Å². The number of fused-ring (bicyclic) bond motifs is 1. The molecular formula is C12H16N4O3S. The second-order valence-corrected chi connectivity index (χ2v) is 6.23. The molecule has 1 heterocycles. The van der Waals surface area contributed by atoms with E-state index < -0.39 is 10.0 Å². The zero-order valence-corrected chi connectivity index (χ0v) is 11.8. The number of hydrogen-bond donors (Lipinski definition) is 3. The van der Waals surface area contributed by atoms with Crippen LogP contribution in [0.15, 0.2) is 24.3 Å². The minimum Gasteiger partial charge on any atom is -0.351 e. The largest absolute Gasteiger partial charge is 0.351 e. The third kappa shape index (κ3) is 3.78. The lowest BCUT2D eigenvalue weighted by molar-refractivity contribution is 0.0950. The Morgan fingerprint density at radius 2 is 2.05 bits per heavy atom. The Kier molecular flexibility index (Phi) is 4.35. The summed E-state index contributed by atoms with van der Waals surface area (Å²) in [6, 6.07) is 7.36. The minimum atomic E-state index is -3.18. The molecule has 8 heteroatoms. The lowest BCUT2D eigenvalue weighted by Gasteiger charge is -2.04. The highest BCUT2D eigenvalue weighted by Crippen LogP contribution is 2.14. The van der Waals surface area contributed by atoms with Crippen LogP contribution in [0.5, 0.6) is 0 Å². The summed E-state index contributed by atoms with van der Waals surface area (Å²) in [6.07, 6.45) is 1.61. The van der Waals surface area contributed by atoms with Gasteiger partial charge in [-0.1, -0.05) is 18.2 Å². The molecule has 3 N–H and O–H groups in total. The first kappa shape index (κ1) is 14.5. The van der Waals surface area contributed by atoms with Gasteiger partial charge in [-0.15, -0.1) is 0 Å². The van der Waals surface area contributed by atoms with Gasteiger partial charge in [0.1, 0.15) is 0 Å². The fourth-order valence-corrected chi connectivity index (χ4v) is 2.28. The molecule has 1 amide bonds. The number of amides is 1. The summed E-state index contributed by atoms with van der Waals surface area (Å²) in [5.41, 5.74) is 1.15. The second kappa shape index (κ2) is 6.02. The quantitative estimate of drug-likeness (QED) is 0.664. The van der Waals surface area contributed by atoms with Crippen LogP contribution in [-0.2, 0) is 10.0 Å². The van der Waals surface area contributed by atoms with E-state index in [0.29, 0.717) is 25.2 Å². The third-order valence-electron chi connectivity index (χ3n) is 2.69. The lowest BCUT2D eigenvalue weighted by Crippen LogP contribution is -2.29. The van der Waals surface area contributed by atoms with Crippen molar-refractivity contribution in [3.8, 4) is 0 Å². The van der Waals surface area contributed by atoms with Crippen LogP contribution < -0.4 is 10.0 Å². The molecule has 20 heavy (non-hydrogen) atoms. The SMILES string of the molecule is CS(=O)(=O)NCCCNC(=O)c1n[nH]c2ccccc12. The van der Waals surface area contributed by atoms with Crippen molar-refractivity contribution in [3.05, 3.63) is 30.0 Å². The molecule has 0 bridgehead atoms. The zero-order chi connectivity index (χ0) is 14.6. The molecule has 2 aromatic rings. The van der Waals surface area contributed by atoms with E-state index in [1.807, 2.05) is 24.3 Å². The van der Waals surface area contributed by atoms with Crippen LogP contribution in [-0.4, -0.2) is 43.9 Å². The maximum Gasteiger partial charge on any atom is 0.272 e. The summed E-state index contributed by atoms with van der Waals surface area (Å²) in [7, 11) is -3.18. The molecule has 0 aliphatic heterocycles. The first-order valence-electron chi connectivity index (χ1n) is 6.13. The van der Waals surface area contributed by atoms with Crippen molar-refractivity contribution in [1.29, 1.82) is 0 Å². The Hall–Kier alpha value is -1.93. The van der Waals surface area contributed by atoms with Gasteiger partial charge < -0.3 is 5.32 Å². The van der Waals surface area contributed by atoms with Crippen molar-refractivity contribution >= 4 is 26.8 Å². The van der Waals surface area contributed by atoms with Gasteiger partial charge in [0.2, 0.25) is 10.0 Å². The molecule has 2 rings (SSSR count). The van der Waals surface area contributed by atoms with Crippen molar-refractivity contribution < 1.29 is 13.2 Å². The van der Waals surface area contributed by atoms with E-state index in [9.17, 15) is 13.2 Å². The maximum atomic E-state index is 11.9. The van der Waals surface area contributed by atoms with Crippen LogP contribution in [0.1, 0.15) is 16.9 Å². The van der Waals surface area contributed by atoms with Gasteiger partial charge in [0.25, 0.3) is 5.91 Å². The molecule has 108 valence electrons. The molecule has 7 nitrogen and oxygen atoms in total. The second-order valence-electron chi connectivity index (χ2n) is 4.39. The summed E-state index contributed by atoms with van der Waals surface area (Å²) >= 11 is 0. The predicted molar refractivity (Wildman–Crippen MR) is 75.9 cm³/mol. The van der Waals surface area contributed by atoms with E-state index in [1.54, 1.807) is 0 Å². The van der Waals surface area contributed by atoms with Crippen LogP contribution >= 0.6 is 0 Å². The Bertz CT molecular complexity index is 708. The van der Waals surface area contributed by atoms with Gasteiger partial charge in [0, 0.05) is 18.5 Å². The van der Waals surface area contributed by atoms with E-state index in [0.717, 1.165) is 17.2 Å². The average Bonchev–Trinajstić information content (AvgIpc) is 2.80. The van der Waals surface area contributed by atoms with Crippen molar-refractivity contribution in [2.24, 2.45) is 0 Å². The summed E-state index contributed by atoms with van der Waals surface area (Å²) < 4.78 is 24.1. The summed E-state index contributed by atoms with van der Waals surface area (Å²) in [5.74, 6) is -0.276. The number of rotatable bonds is 6. The normalized spacial score (nSPS) is 11.7. The van der Waals surface area contributed by atoms with Crippen LogP contribution in [0, 0.1) is 0 Å². The van der Waals surface area contributed by atoms with Gasteiger partial charge in [0.05, 0.1) is 11.8 Å². The Morgan fingerprint density at radius 3 is 2.80 bits per heavy atom. The molecule has 0 aliphatic carbocycles. The summed E-state index contributed by atoms with van der Waals surface area (Å²) in [5, 5.41) is 10.2. The van der Waals surface area contributed by atoms with E-state index in [-0.39, 0.29) is 5.91 Å². The highest BCUT2D eigenvalue weighted by molar-refractivity contribution is 7.88. The van der Waals surface area contributed by atoms with Crippen LogP contribution in [0.4, 0.5) is 0 Å². The molecular weight excluding hydrogens is 280 g/mol. The number of carbonyl (C=O) groups is 1. The number of nitrogens with zero attached hydrogens (tertiary/aromatic N) is 1. The molecule has 0 saturated carbocycles. The average molecular weight is 296 g/mol. The highest BCUT2D eigenvalue weighted by Gasteiger charge is 2.12. The smallest absolute Gasteiger partial charge is 0.272 e. The van der Waals surface area contributed by atoms with Crippen molar-refractivity contribution in [3.63, 3.8) is 0 Å². The number of aromatic amines is 1. The fourth-order valence-electron chi connectivity index (χ4n) is 1.77. The number of nitrogens with one attached hydrogen (secondary N) is 3. The standard InChI is InChI=1S/C12H16N4O3S/c1-20(18,19)14-8-4-7-13-12(17)11-9-5-2-3-6-10(9)15-16-11/h2-3,5-6,14H,4,7-8H2,1H3,(H,13,17)(H,15,16). The Balaban J connectivity index is 1.86. The van der Waals surface area contributed by atoms with Gasteiger partial charge >= 0.3 is 0 Å². The zero-order valence-electron chi connectivity index (χ0n) is 11.0. The minimum absolute atomic E-state index is 0.276. The number of hydrogen-bond acceptors (Lipinski definition) is 4.